The van der Waals surface area contributed by atoms with Crippen LogP contribution in [0.4, 0.5) is 0 Å². The number of benzene rings is 2. The lowest BCUT2D eigenvalue weighted by molar-refractivity contribution is 0.255. The SMILES string of the molecule is Cn1c(SCCCN2CCc3ccc(Cl)c(Cl)c3C2)nnc1-c1ccccc1. The molecular formula is C21H22Cl2N4S. The minimum Gasteiger partial charge on any atom is -0.305 e. The maximum Gasteiger partial charge on any atom is 0.191 e. The summed E-state index contributed by atoms with van der Waals surface area (Å²) in [5, 5.41) is 11.0. The molecule has 2 heterocycles. The van der Waals surface area contributed by atoms with Crippen LogP contribution in [0.25, 0.3) is 11.4 Å². The number of thioether (sulfide) groups is 1. The highest BCUT2D eigenvalue weighted by Crippen LogP contribution is 2.32. The third-order valence-electron chi connectivity index (χ3n) is 5.09. The molecule has 1 aromatic heterocycles. The van der Waals surface area contributed by atoms with Gasteiger partial charge in [0.2, 0.25) is 0 Å². The zero-order valence-electron chi connectivity index (χ0n) is 15.7. The molecule has 4 rings (SSSR count). The summed E-state index contributed by atoms with van der Waals surface area (Å²) in [5.74, 6) is 1.91. The average Bonchev–Trinajstić information content (AvgIpc) is 3.09. The Morgan fingerprint density at radius 2 is 1.89 bits per heavy atom. The number of halogens is 2. The molecule has 1 aliphatic rings. The van der Waals surface area contributed by atoms with Crippen molar-refractivity contribution in [3.8, 4) is 11.4 Å². The first-order chi connectivity index (χ1) is 13.6. The monoisotopic (exact) mass is 432 g/mol. The van der Waals surface area contributed by atoms with E-state index in [4.69, 9.17) is 23.2 Å². The van der Waals surface area contributed by atoms with E-state index in [2.05, 4.69) is 37.9 Å². The molecule has 2 aromatic carbocycles. The molecule has 7 heteroatoms. The molecular weight excluding hydrogens is 411 g/mol. The molecule has 28 heavy (non-hydrogen) atoms. The van der Waals surface area contributed by atoms with Crippen molar-refractivity contribution in [3.63, 3.8) is 0 Å². The quantitative estimate of drug-likeness (QED) is 0.389. The number of aromatic nitrogens is 3. The van der Waals surface area contributed by atoms with Crippen molar-refractivity contribution in [3.05, 3.63) is 63.6 Å². The van der Waals surface area contributed by atoms with Crippen LogP contribution in [0, 0.1) is 0 Å². The molecule has 0 atom stereocenters. The molecule has 0 saturated carbocycles. The Kier molecular flexibility index (Phi) is 6.26. The molecule has 3 aromatic rings. The van der Waals surface area contributed by atoms with Crippen LogP contribution in [0.5, 0.6) is 0 Å². The summed E-state index contributed by atoms with van der Waals surface area (Å²) in [6.45, 7) is 2.98. The van der Waals surface area contributed by atoms with Crippen LogP contribution in [0.2, 0.25) is 10.0 Å². The minimum absolute atomic E-state index is 0.648. The second-order valence-electron chi connectivity index (χ2n) is 6.96. The Balaban J connectivity index is 1.30. The largest absolute Gasteiger partial charge is 0.305 e. The fourth-order valence-corrected chi connectivity index (χ4v) is 4.80. The molecule has 0 spiro atoms. The van der Waals surface area contributed by atoms with Gasteiger partial charge in [0, 0.05) is 31.5 Å². The van der Waals surface area contributed by atoms with Gasteiger partial charge >= 0.3 is 0 Å². The van der Waals surface area contributed by atoms with Gasteiger partial charge in [-0.2, -0.15) is 0 Å². The van der Waals surface area contributed by atoms with Gasteiger partial charge in [0.25, 0.3) is 0 Å². The summed E-state index contributed by atoms with van der Waals surface area (Å²) in [5.41, 5.74) is 3.60. The van der Waals surface area contributed by atoms with Crippen molar-refractivity contribution in [1.29, 1.82) is 0 Å². The summed E-state index contributed by atoms with van der Waals surface area (Å²) in [6.07, 6.45) is 2.12. The van der Waals surface area contributed by atoms with Crippen molar-refractivity contribution in [2.45, 2.75) is 24.5 Å². The normalized spacial score (nSPS) is 14.2. The molecule has 0 saturated heterocycles. The third-order valence-corrected chi connectivity index (χ3v) is 7.04. The summed E-state index contributed by atoms with van der Waals surface area (Å²) in [4.78, 5) is 2.46. The van der Waals surface area contributed by atoms with Gasteiger partial charge in [-0.15, -0.1) is 10.2 Å². The van der Waals surface area contributed by atoms with Crippen LogP contribution in [0.1, 0.15) is 17.5 Å². The van der Waals surface area contributed by atoms with Gasteiger partial charge in [-0.3, -0.25) is 4.90 Å². The third kappa shape index (κ3) is 4.23. The van der Waals surface area contributed by atoms with Crippen LogP contribution in [-0.4, -0.2) is 38.5 Å². The van der Waals surface area contributed by atoms with Gasteiger partial charge in [-0.05, 0) is 36.6 Å². The minimum atomic E-state index is 0.648. The summed E-state index contributed by atoms with van der Waals surface area (Å²) >= 11 is 14.3. The Labute approximate surface area is 179 Å². The van der Waals surface area contributed by atoms with Crippen LogP contribution < -0.4 is 0 Å². The van der Waals surface area contributed by atoms with Crippen molar-refractivity contribution < 1.29 is 0 Å². The first-order valence-corrected chi connectivity index (χ1v) is 11.1. The van der Waals surface area contributed by atoms with E-state index in [1.165, 1.54) is 11.1 Å². The first-order valence-electron chi connectivity index (χ1n) is 9.39. The smallest absolute Gasteiger partial charge is 0.191 e. The van der Waals surface area contributed by atoms with E-state index in [1.54, 1.807) is 11.8 Å². The molecule has 0 N–H and O–H groups in total. The summed E-state index contributed by atoms with van der Waals surface area (Å²) < 4.78 is 2.07. The van der Waals surface area contributed by atoms with Crippen LogP contribution in [0.3, 0.4) is 0 Å². The van der Waals surface area contributed by atoms with Crippen LogP contribution in [0.15, 0.2) is 47.6 Å². The molecule has 4 nitrogen and oxygen atoms in total. The highest BCUT2D eigenvalue weighted by Gasteiger charge is 2.20. The topological polar surface area (TPSA) is 34.0 Å². The number of hydrogen-bond donors (Lipinski definition) is 0. The second kappa shape index (κ2) is 8.87. The first kappa shape index (κ1) is 19.8. The predicted molar refractivity (Wildman–Crippen MR) is 117 cm³/mol. The van der Waals surface area contributed by atoms with E-state index < -0.39 is 0 Å². The standard InChI is InChI=1S/C21H22Cl2N4S/c1-26-20(16-6-3-2-4-7-16)24-25-21(26)28-13-5-11-27-12-10-15-8-9-18(22)19(23)17(15)14-27/h2-4,6-9H,5,10-14H2,1H3. The number of rotatable bonds is 6. The van der Waals surface area contributed by atoms with Gasteiger partial charge in [0.15, 0.2) is 11.0 Å². The van der Waals surface area contributed by atoms with Gasteiger partial charge < -0.3 is 4.57 Å². The van der Waals surface area contributed by atoms with Crippen LogP contribution in [-0.2, 0) is 20.0 Å². The molecule has 0 amide bonds. The van der Waals surface area contributed by atoms with E-state index in [0.717, 1.165) is 54.8 Å². The van der Waals surface area contributed by atoms with E-state index >= 15 is 0 Å². The summed E-state index contributed by atoms with van der Waals surface area (Å²) in [6, 6.07) is 14.2. The lowest BCUT2D eigenvalue weighted by Crippen LogP contribution is -2.31. The summed E-state index contributed by atoms with van der Waals surface area (Å²) in [7, 11) is 2.03. The molecule has 0 radical (unpaired) electrons. The predicted octanol–water partition coefficient (Wildman–Crippen LogP) is 5.33. The molecule has 146 valence electrons. The molecule has 0 unspecified atom stereocenters. The van der Waals surface area contributed by atoms with E-state index in [1.807, 2.05) is 31.3 Å². The van der Waals surface area contributed by atoms with Crippen LogP contribution >= 0.6 is 35.0 Å². The van der Waals surface area contributed by atoms with E-state index in [-0.39, 0.29) is 0 Å². The van der Waals surface area contributed by atoms with Crippen molar-refractivity contribution in [1.82, 2.24) is 19.7 Å². The molecule has 0 fully saturated rings. The van der Waals surface area contributed by atoms with Gasteiger partial charge in [0.05, 0.1) is 10.0 Å². The highest BCUT2D eigenvalue weighted by atomic mass is 35.5. The lowest BCUT2D eigenvalue weighted by atomic mass is 9.99. The van der Waals surface area contributed by atoms with E-state index in [9.17, 15) is 0 Å². The lowest BCUT2D eigenvalue weighted by Gasteiger charge is -2.29. The fourth-order valence-electron chi connectivity index (χ4n) is 3.54. The molecule has 0 bridgehead atoms. The zero-order chi connectivity index (χ0) is 19.5. The maximum absolute atomic E-state index is 6.41. The highest BCUT2D eigenvalue weighted by molar-refractivity contribution is 7.99. The maximum atomic E-state index is 6.41. The molecule has 0 aliphatic carbocycles. The molecule has 1 aliphatic heterocycles. The Hall–Kier alpha value is -1.53. The van der Waals surface area contributed by atoms with Gasteiger partial charge in [-0.1, -0.05) is 71.4 Å². The average molecular weight is 433 g/mol. The fraction of sp³-hybridized carbons (Fsp3) is 0.333. The Morgan fingerprint density at radius 3 is 2.71 bits per heavy atom. The number of hydrogen-bond acceptors (Lipinski definition) is 4. The zero-order valence-corrected chi connectivity index (χ0v) is 18.1. The van der Waals surface area contributed by atoms with Crippen molar-refractivity contribution in [2.75, 3.05) is 18.8 Å². The van der Waals surface area contributed by atoms with Gasteiger partial charge in [-0.25, -0.2) is 0 Å². The second-order valence-corrected chi connectivity index (χ2v) is 8.81. The van der Waals surface area contributed by atoms with Crippen molar-refractivity contribution in [2.24, 2.45) is 7.05 Å². The van der Waals surface area contributed by atoms with Crippen molar-refractivity contribution >= 4 is 35.0 Å². The van der Waals surface area contributed by atoms with E-state index in [0.29, 0.717) is 10.0 Å². The number of nitrogens with zero attached hydrogens (tertiary/aromatic N) is 4. The Bertz CT molecular complexity index is 959. The Morgan fingerprint density at radius 1 is 1.07 bits per heavy atom. The van der Waals surface area contributed by atoms with Gasteiger partial charge in [0.1, 0.15) is 0 Å². The number of fused-ring (bicyclic) bond motifs is 1.